The fourth-order valence-electron chi connectivity index (χ4n) is 3.53. The van der Waals surface area contributed by atoms with Gasteiger partial charge in [-0.15, -0.1) is 0 Å². The van der Waals surface area contributed by atoms with Crippen LogP contribution in [0.3, 0.4) is 0 Å². The third kappa shape index (κ3) is 4.09. The zero-order valence-corrected chi connectivity index (χ0v) is 15.9. The first kappa shape index (κ1) is 18.9. The van der Waals surface area contributed by atoms with E-state index in [1.54, 1.807) is 24.4 Å². The van der Waals surface area contributed by atoms with Gasteiger partial charge in [-0.05, 0) is 48.6 Å². The van der Waals surface area contributed by atoms with Gasteiger partial charge in [0, 0.05) is 11.7 Å². The molecule has 2 aromatic rings. The number of nitrogens with two attached hydrogens (primary N) is 1. The maximum Gasteiger partial charge on any atom is 0.254 e. The molecule has 0 fully saturated rings. The lowest BCUT2D eigenvalue weighted by Gasteiger charge is -2.26. The molecule has 1 aromatic heterocycles. The fraction of sp³-hybridized carbons (Fsp3) is 0.381. The van der Waals surface area contributed by atoms with E-state index in [-0.39, 0.29) is 5.91 Å². The van der Waals surface area contributed by atoms with Gasteiger partial charge >= 0.3 is 0 Å². The summed E-state index contributed by atoms with van der Waals surface area (Å²) in [7, 11) is 0. The molecule has 0 aliphatic carbocycles. The third-order valence-corrected chi connectivity index (χ3v) is 4.52. The molecule has 1 aliphatic rings. The molecule has 0 unspecified atom stereocenters. The number of nitrogens with zero attached hydrogens (tertiary/aromatic N) is 2. The summed E-state index contributed by atoms with van der Waals surface area (Å²) in [4.78, 5) is 16.4. The lowest BCUT2D eigenvalue weighted by molar-refractivity contribution is 0.0966. The van der Waals surface area contributed by atoms with E-state index >= 15 is 0 Å². The number of hydrogen-bond acceptors (Lipinski definition) is 5. The summed E-state index contributed by atoms with van der Waals surface area (Å²) in [5, 5.41) is 12.3. The third-order valence-electron chi connectivity index (χ3n) is 4.52. The minimum absolute atomic E-state index is 0.139. The molecule has 27 heavy (non-hydrogen) atoms. The molecule has 6 heteroatoms. The standard InChI is InChI=1S/C21H24N4O2/c1-13(2)9-21(3,23)12-27-18-5-4-14(8-15(18)10-22)16-6-7-24-17-11-25-20(26)19(16)17/h4-8,13H,9,11-12,23H2,1-3H3,(H,25,26)/t21-/m0/s1. The van der Waals surface area contributed by atoms with Crippen LogP contribution in [0.25, 0.3) is 11.1 Å². The van der Waals surface area contributed by atoms with Gasteiger partial charge in [0.2, 0.25) is 0 Å². The van der Waals surface area contributed by atoms with E-state index < -0.39 is 5.54 Å². The van der Waals surface area contributed by atoms with Crippen LogP contribution in [0.5, 0.6) is 5.75 Å². The van der Waals surface area contributed by atoms with Crippen molar-refractivity contribution in [2.75, 3.05) is 6.61 Å². The maximum atomic E-state index is 12.1. The molecule has 0 radical (unpaired) electrons. The predicted molar refractivity (Wildman–Crippen MR) is 103 cm³/mol. The number of carbonyl (C=O) groups excluding carboxylic acids is 1. The number of nitrogens with one attached hydrogen (secondary N) is 1. The quantitative estimate of drug-likeness (QED) is 0.820. The number of benzene rings is 1. The summed E-state index contributed by atoms with van der Waals surface area (Å²) in [6.07, 6.45) is 2.50. The van der Waals surface area contributed by atoms with Crippen molar-refractivity contribution in [3.05, 3.63) is 47.3 Å². The van der Waals surface area contributed by atoms with Crippen LogP contribution in [0.2, 0.25) is 0 Å². The second kappa shape index (κ2) is 7.37. The predicted octanol–water partition coefficient (Wildman–Crippen LogP) is 3.01. The van der Waals surface area contributed by atoms with Gasteiger partial charge < -0.3 is 15.8 Å². The Morgan fingerprint density at radius 3 is 2.89 bits per heavy atom. The molecule has 1 atom stereocenters. The van der Waals surface area contributed by atoms with Gasteiger partial charge in [-0.1, -0.05) is 19.9 Å². The minimum atomic E-state index is -0.469. The monoisotopic (exact) mass is 364 g/mol. The molecule has 0 saturated carbocycles. The first-order chi connectivity index (χ1) is 12.8. The summed E-state index contributed by atoms with van der Waals surface area (Å²) < 4.78 is 5.86. The first-order valence-electron chi connectivity index (χ1n) is 9.03. The maximum absolute atomic E-state index is 12.1. The Morgan fingerprint density at radius 2 is 2.19 bits per heavy atom. The zero-order valence-electron chi connectivity index (χ0n) is 15.9. The Morgan fingerprint density at radius 1 is 1.41 bits per heavy atom. The SMILES string of the molecule is CC(C)C[C@](C)(N)COc1ccc(-c2ccnc3c2C(=O)NC3)cc1C#N. The van der Waals surface area contributed by atoms with Gasteiger partial charge in [0.15, 0.2) is 0 Å². The number of aromatic nitrogens is 1. The minimum Gasteiger partial charge on any atom is -0.490 e. The lowest BCUT2D eigenvalue weighted by atomic mass is 9.93. The van der Waals surface area contributed by atoms with Crippen LogP contribution >= 0.6 is 0 Å². The van der Waals surface area contributed by atoms with Crippen molar-refractivity contribution in [2.24, 2.45) is 11.7 Å². The van der Waals surface area contributed by atoms with E-state index in [1.165, 1.54) is 0 Å². The molecule has 1 aliphatic heterocycles. The average molecular weight is 364 g/mol. The molecule has 2 heterocycles. The van der Waals surface area contributed by atoms with Gasteiger partial charge in [-0.2, -0.15) is 5.26 Å². The second-order valence-corrected chi connectivity index (χ2v) is 7.73. The van der Waals surface area contributed by atoms with Gasteiger partial charge in [-0.25, -0.2) is 0 Å². The Kier molecular flexibility index (Phi) is 5.15. The van der Waals surface area contributed by atoms with E-state index in [9.17, 15) is 10.1 Å². The van der Waals surface area contributed by atoms with Gasteiger partial charge in [0.1, 0.15) is 18.4 Å². The number of nitriles is 1. The fourth-order valence-corrected chi connectivity index (χ4v) is 3.53. The first-order valence-corrected chi connectivity index (χ1v) is 9.03. The Hall–Kier alpha value is -2.91. The molecule has 0 saturated heterocycles. The van der Waals surface area contributed by atoms with Crippen LogP contribution in [0.4, 0.5) is 0 Å². The number of carbonyl (C=O) groups is 1. The van der Waals surface area contributed by atoms with Gasteiger partial charge in [-0.3, -0.25) is 9.78 Å². The summed E-state index contributed by atoms with van der Waals surface area (Å²) in [5.41, 5.74) is 9.09. The summed E-state index contributed by atoms with van der Waals surface area (Å²) in [5.74, 6) is 0.817. The zero-order chi connectivity index (χ0) is 19.6. The van der Waals surface area contributed by atoms with Crippen molar-refractivity contribution in [3.63, 3.8) is 0 Å². The largest absolute Gasteiger partial charge is 0.490 e. The average Bonchev–Trinajstić information content (AvgIpc) is 3.00. The highest BCUT2D eigenvalue weighted by molar-refractivity contribution is 6.04. The molecule has 0 spiro atoms. The number of rotatable bonds is 6. The Bertz CT molecular complexity index is 913. The van der Waals surface area contributed by atoms with Crippen LogP contribution < -0.4 is 15.8 Å². The van der Waals surface area contributed by atoms with E-state index in [0.717, 1.165) is 23.2 Å². The van der Waals surface area contributed by atoms with Crippen molar-refractivity contribution >= 4 is 5.91 Å². The summed E-state index contributed by atoms with van der Waals surface area (Å²) in [6.45, 7) is 6.94. The van der Waals surface area contributed by atoms with Crippen LogP contribution in [-0.4, -0.2) is 23.0 Å². The Labute approximate surface area is 159 Å². The van der Waals surface area contributed by atoms with Gasteiger partial charge in [0.25, 0.3) is 5.91 Å². The van der Waals surface area contributed by atoms with Gasteiger partial charge in [0.05, 0.1) is 23.4 Å². The highest BCUT2D eigenvalue weighted by atomic mass is 16.5. The van der Waals surface area contributed by atoms with Crippen molar-refractivity contribution in [2.45, 2.75) is 39.3 Å². The van der Waals surface area contributed by atoms with E-state index in [4.69, 9.17) is 10.5 Å². The highest BCUT2D eigenvalue weighted by Crippen LogP contribution is 2.31. The molecular weight excluding hydrogens is 340 g/mol. The molecule has 0 bridgehead atoms. The normalized spacial score (nSPS) is 15.0. The van der Waals surface area contributed by atoms with E-state index in [0.29, 0.717) is 35.9 Å². The molecule has 3 rings (SSSR count). The van der Waals surface area contributed by atoms with Crippen LogP contribution in [0.15, 0.2) is 30.5 Å². The topological polar surface area (TPSA) is 101 Å². The van der Waals surface area contributed by atoms with Crippen LogP contribution in [0.1, 0.15) is 48.8 Å². The van der Waals surface area contributed by atoms with E-state index in [2.05, 4.69) is 30.2 Å². The lowest BCUT2D eigenvalue weighted by Crippen LogP contribution is -2.43. The highest BCUT2D eigenvalue weighted by Gasteiger charge is 2.25. The number of pyridine rings is 1. The molecule has 1 amide bonds. The molecule has 1 aromatic carbocycles. The Balaban J connectivity index is 1.88. The molecule has 140 valence electrons. The molecule has 3 N–H and O–H groups in total. The number of amides is 1. The van der Waals surface area contributed by atoms with Crippen LogP contribution in [-0.2, 0) is 6.54 Å². The van der Waals surface area contributed by atoms with Crippen molar-refractivity contribution in [1.29, 1.82) is 5.26 Å². The van der Waals surface area contributed by atoms with Crippen molar-refractivity contribution < 1.29 is 9.53 Å². The summed E-state index contributed by atoms with van der Waals surface area (Å²) >= 11 is 0. The molecular formula is C21H24N4O2. The second-order valence-electron chi connectivity index (χ2n) is 7.73. The molecule has 6 nitrogen and oxygen atoms in total. The van der Waals surface area contributed by atoms with Crippen LogP contribution in [0, 0.1) is 17.2 Å². The number of hydrogen-bond donors (Lipinski definition) is 2. The number of ether oxygens (including phenoxy) is 1. The smallest absolute Gasteiger partial charge is 0.254 e. The summed E-state index contributed by atoms with van der Waals surface area (Å²) in [6, 6.07) is 9.33. The number of fused-ring (bicyclic) bond motifs is 1. The van der Waals surface area contributed by atoms with E-state index in [1.807, 2.05) is 13.0 Å². The van der Waals surface area contributed by atoms with Crippen molar-refractivity contribution in [1.82, 2.24) is 10.3 Å². The van der Waals surface area contributed by atoms with Crippen molar-refractivity contribution in [3.8, 4) is 22.9 Å².